The van der Waals surface area contributed by atoms with E-state index >= 15 is 0 Å². The molecule has 0 saturated carbocycles. The molecular formula is C14H22N6O. The zero-order chi connectivity index (χ0) is 14.7. The molecule has 7 nitrogen and oxygen atoms in total. The van der Waals surface area contributed by atoms with Gasteiger partial charge in [-0.05, 0) is 19.4 Å². The van der Waals surface area contributed by atoms with Gasteiger partial charge in [-0.1, -0.05) is 12.1 Å². The average molecular weight is 290 g/mol. The molecule has 0 aromatic carbocycles. The lowest BCUT2D eigenvalue weighted by Gasteiger charge is -2.25. The Morgan fingerprint density at radius 3 is 2.81 bits per heavy atom. The molecule has 2 aromatic heterocycles. The standard InChI is InChI=1S/C14H22N6O/c1-3-11-9-12(20(4-2)17-11)14-16-13(18-21-14)10-19-7-5-15-6-8-19/h9,15H,3-8,10H2,1-2H3. The second-order valence-electron chi connectivity index (χ2n) is 5.23. The van der Waals surface area contributed by atoms with Gasteiger partial charge in [0.1, 0.15) is 5.69 Å². The highest BCUT2D eigenvalue weighted by Crippen LogP contribution is 2.19. The molecule has 7 heteroatoms. The molecule has 1 N–H and O–H groups in total. The van der Waals surface area contributed by atoms with Crippen molar-refractivity contribution < 1.29 is 4.52 Å². The molecule has 3 rings (SSSR count). The third-order valence-corrected chi connectivity index (χ3v) is 3.75. The minimum atomic E-state index is 0.564. The summed E-state index contributed by atoms with van der Waals surface area (Å²) in [6, 6.07) is 2.03. The number of nitrogens with zero attached hydrogens (tertiary/aromatic N) is 5. The van der Waals surface area contributed by atoms with E-state index in [1.165, 1.54) is 0 Å². The first kappa shape index (κ1) is 14.2. The molecule has 21 heavy (non-hydrogen) atoms. The monoisotopic (exact) mass is 290 g/mol. The van der Waals surface area contributed by atoms with Crippen molar-refractivity contribution in [2.75, 3.05) is 26.2 Å². The molecule has 0 bridgehead atoms. The summed E-state index contributed by atoms with van der Waals surface area (Å²) in [6.07, 6.45) is 0.905. The van der Waals surface area contributed by atoms with E-state index in [-0.39, 0.29) is 0 Å². The second kappa shape index (κ2) is 6.36. The molecule has 1 aliphatic heterocycles. The molecule has 3 heterocycles. The van der Waals surface area contributed by atoms with E-state index in [0.717, 1.165) is 62.9 Å². The lowest BCUT2D eigenvalue weighted by molar-refractivity contribution is 0.225. The van der Waals surface area contributed by atoms with Crippen LogP contribution in [0.15, 0.2) is 10.6 Å². The number of hydrogen-bond donors (Lipinski definition) is 1. The number of aromatic nitrogens is 4. The van der Waals surface area contributed by atoms with Crippen molar-refractivity contribution in [3.63, 3.8) is 0 Å². The van der Waals surface area contributed by atoms with Gasteiger partial charge in [0.25, 0.3) is 5.89 Å². The van der Waals surface area contributed by atoms with E-state index in [0.29, 0.717) is 5.89 Å². The first-order valence-electron chi connectivity index (χ1n) is 7.63. The normalized spacial score (nSPS) is 16.5. The number of piperazine rings is 1. The summed E-state index contributed by atoms with van der Waals surface area (Å²) in [5.74, 6) is 1.31. The molecule has 1 fully saturated rings. The number of hydrogen-bond acceptors (Lipinski definition) is 6. The van der Waals surface area contributed by atoms with Gasteiger partial charge >= 0.3 is 0 Å². The predicted octanol–water partition coefficient (Wildman–Crippen LogP) is 0.921. The van der Waals surface area contributed by atoms with E-state index in [2.05, 4.69) is 39.3 Å². The Hall–Kier alpha value is -1.73. The third kappa shape index (κ3) is 3.14. The molecule has 114 valence electrons. The van der Waals surface area contributed by atoms with Crippen LogP contribution in [0.3, 0.4) is 0 Å². The zero-order valence-electron chi connectivity index (χ0n) is 12.7. The Balaban J connectivity index is 1.76. The summed E-state index contributed by atoms with van der Waals surface area (Å²) in [4.78, 5) is 6.86. The van der Waals surface area contributed by atoms with Crippen LogP contribution in [0.1, 0.15) is 25.4 Å². The molecule has 0 aliphatic carbocycles. The molecule has 1 saturated heterocycles. The lowest BCUT2D eigenvalue weighted by Crippen LogP contribution is -2.43. The molecule has 0 amide bonds. The number of nitrogens with one attached hydrogen (secondary N) is 1. The van der Waals surface area contributed by atoms with Gasteiger partial charge in [-0.25, -0.2) is 0 Å². The molecular weight excluding hydrogens is 268 g/mol. The van der Waals surface area contributed by atoms with E-state index in [4.69, 9.17) is 4.52 Å². The Morgan fingerprint density at radius 2 is 2.10 bits per heavy atom. The van der Waals surface area contributed by atoms with Crippen LogP contribution in [0, 0.1) is 0 Å². The Bertz CT molecular complexity index is 584. The van der Waals surface area contributed by atoms with Gasteiger partial charge in [-0.2, -0.15) is 10.1 Å². The van der Waals surface area contributed by atoms with Gasteiger partial charge in [0, 0.05) is 32.7 Å². The SMILES string of the molecule is CCc1cc(-c2nc(CN3CCNCC3)no2)n(CC)n1. The summed E-state index contributed by atoms with van der Waals surface area (Å²) < 4.78 is 7.35. The fourth-order valence-electron chi connectivity index (χ4n) is 2.55. The average Bonchev–Trinajstić information content (AvgIpc) is 3.14. The minimum Gasteiger partial charge on any atom is -0.332 e. The van der Waals surface area contributed by atoms with Crippen LogP contribution in [0.4, 0.5) is 0 Å². The van der Waals surface area contributed by atoms with Crippen LogP contribution in [0.5, 0.6) is 0 Å². The quantitative estimate of drug-likeness (QED) is 0.883. The van der Waals surface area contributed by atoms with Gasteiger partial charge in [0.05, 0.1) is 12.2 Å². The topological polar surface area (TPSA) is 72.0 Å². The Morgan fingerprint density at radius 1 is 1.29 bits per heavy atom. The van der Waals surface area contributed by atoms with E-state index in [1.54, 1.807) is 0 Å². The first-order valence-corrected chi connectivity index (χ1v) is 7.63. The maximum absolute atomic E-state index is 5.43. The maximum Gasteiger partial charge on any atom is 0.276 e. The van der Waals surface area contributed by atoms with E-state index in [1.807, 2.05) is 10.7 Å². The van der Waals surface area contributed by atoms with Gasteiger partial charge in [-0.15, -0.1) is 0 Å². The van der Waals surface area contributed by atoms with Crippen molar-refractivity contribution in [2.45, 2.75) is 33.4 Å². The van der Waals surface area contributed by atoms with Crippen molar-refractivity contribution in [1.82, 2.24) is 30.1 Å². The maximum atomic E-state index is 5.43. The summed E-state index contributed by atoms with van der Waals surface area (Å²) in [5, 5.41) is 12.0. The Labute approximate surface area is 124 Å². The minimum absolute atomic E-state index is 0.564. The summed E-state index contributed by atoms with van der Waals surface area (Å²) in [5.41, 5.74) is 1.96. The smallest absolute Gasteiger partial charge is 0.276 e. The highest BCUT2D eigenvalue weighted by atomic mass is 16.5. The molecule has 0 radical (unpaired) electrons. The summed E-state index contributed by atoms with van der Waals surface area (Å²) in [7, 11) is 0. The van der Waals surface area contributed by atoms with Gasteiger partial charge < -0.3 is 9.84 Å². The molecule has 0 spiro atoms. The van der Waals surface area contributed by atoms with Crippen molar-refractivity contribution in [3.8, 4) is 11.6 Å². The zero-order valence-corrected chi connectivity index (χ0v) is 12.7. The van der Waals surface area contributed by atoms with E-state index in [9.17, 15) is 0 Å². The van der Waals surface area contributed by atoms with Crippen LogP contribution in [-0.4, -0.2) is 51.0 Å². The van der Waals surface area contributed by atoms with Crippen molar-refractivity contribution >= 4 is 0 Å². The van der Waals surface area contributed by atoms with Crippen LogP contribution in [0.25, 0.3) is 11.6 Å². The number of rotatable bonds is 5. The molecule has 0 atom stereocenters. The highest BCUT2D eigenvalue weighted by molar-refractivity contribution is 5.48. The van der Waals surface area contributed by atoms with Crippen molar-refractivity contribution in [1.29, 1.82) is 0 Å². The van der Waals surface area contributed by atoms with E-state index < -0.39 is 0 Å². The first-order chi connectivity index (χ1) is 10.3. The Kier molecular flexibility index (Phi) is 4.31. The van der Waals surface area contributed by atoms with Crippen LogP contribution < -0.4 is 5.32 Å². The number of aryl methyl sites for hydroxylation is 2. The summed E-state index contributed by atoms with van der Waals surface area (Å²) in [6.45, 7) is 9.79. The van der Waals surface area contributed by atoms with Crippen molar-refractivity contribution in [3.05, 3.63) is 17.6 Å². The molecule has 0 unspecified atom stereocenters. The van der Waals surface area contributed by atoms with Crippen LogP contribution in [-0.2, 0) is 19.5 Å². The largest absolute Gasteiger partial charge is 0.332 e. The van der Waals surface area contributed by atoms with Crippen LogP contribution >= 0.6 is 0 Å². The fourth-order valence-corrected chi connectivity index (χ4v) is 2.55. The lowest BCUT2D eigenvalue weighted by atomic mass is 10.3. The highest BCUT2D eigenvalue weighted by Gasteiger charge is 2.17. The second-order valence-corrected chi connectivity index (χ2v) is 5.23. The van der Waals surface area contributed by atoms with Crippen LogP contribution in [0.2, 0.25) is 0 Å². The van der Waals surface area contributed by atoms with Gasteiger partial charge in [0.15, 0.2) is 5.82 Å². The van der Waals surface area contributed by atoms with Gasteiger partial charge in [-0.3, -0.25) is 9.58 Å². The summed E-state index contributed by atoms with van der Waals surface area (Å²) >= 11 is 0. The van der Waals surface area contributed by atoms with Crippen molar-refractivity contribution in [2.24, 2.45) is 0 Å². The molecule has 1 aliphatic rings. The molecule has 2 aromatic rings. The fraction of sp³-hybridized carbons (Fsp3) is 0.643. The third-order valence-electron chi connectivity index (χ3n) is 3.75. The van der Waals surface area contributed by atoms with Gasteiger partial charge in [0.2, 0.25) is 0 Å². The predicted molar refractivity (Wildman–Crippen MR) is 78.7 cm³/mol.